The highest BCUT2D eigenvalue weighted by molar-refractivity contribution is 5.96. The van der Waals surface area contributed by atoms with Crippen LogP contribution in [0.3, 0.4) is 0 Å². The van der Waals surface area contributed by atoms with Gasteiger partial charge < -0.3 is 14.6 Å². The topological polar surface area (TPSA) is 56.1 Å². The largest absolute Gasteiger partial charge is 0.496 e. The number of nitrogens with zero attached hydrogens (tertiary/aromatic N) is 2. The van der Waals surface area contributed by atoms with Crippen LogP contribution in [0.2, 0.25) is 0 Å². The molecule has 0 saturated heterocycles. The molecule has 0 aliphatic carbocycles. The van der Waals surface area contributed by atoms with Crippen molar-refractivity contribution in [1.82, 2.24) is 14.9 Å². The van der Waals surface area contributed by atoms with Crippen molar-refractivity contribution in [3.63, 3.8) is 0 Å². The molecule has 0 saturated carbocycles. The van der Waals surface area contributed by atoms with Gasteiger partial charge >= 0.3 is 0 Å². The van der Waals surface area contributed by atoms with Crippen LogP contribution in [0.15, 0.2) is 60.7 Å². The SMILES string of the molecule is COc1ccccc1C(=O)NCc1nc2ccccc2n1Cc1c(C)cc(C)cc1C. The summed E-state index contributed by atoms with van der Waals surface area (Å²) < 4.78 is 7.52. The van der Waals surface area contributed by atoms with E-state index in [0.717, 1.165) is 16.9 Å². The lowest BCUT2D eigenvalue weighted by molar-refractivity contribution is 0.0946. The van der Waals surface area contributed by atoms with E-state index >= 15 is 0 Å². The van der Waals surface area contributed by atoms with Crippen LogP contribution in [0.5, 0.6) is 5.75 Å². The summed E-state index contributed by atoms with van der Waals surface area (Å²) in [6.45, 7) is 7.46. The number of aryl methyl sites for hydroxylation is 3. The fraction of sp³-hybridized carbons (Fsp3) is 0.231. The summed E-state index contributed by atoms with van der Waals surface area (Å²) in [7, 11) is 1.57. The number of fused-ring (bicyclic) bond motifs is 1. The summed E-state index contributed by atoms with van der Waals surface area (Å²) in [5.74, 6) is 1.20. The summed E-state index contributed by atoms with van der Waals surface area (Å²) in [6.07, 6.45) is 0. The van der Waals surface area contributed by atoms with Crippen molar-refractivity contribution < 1.29 is 9.53 Å². The molecule has 158 valence electrons. The van der Waals surface area contributed by atoms with E-state index in [1.807, 2.05) is 30.3 Å². The quantitative estimate of drug-likeness (QED) is 0.487. The number of methoxy groups -OCH3 is 1. The Bertz CT molecular complexity index is 1230. The Kier molecular flexibility index (Phi) is 5.76. The molecule has 3 aromatic carbocycles. The predicted octanol–water partition coefficient (Wildman–Crippen LogP) is 4.95. The highest BCUT2D eigenvalue weighted by atomic mass is 16.5. The van der Waals surface area contributed by atoms with Gasteiger partial charge in [0.15, 0.2) is 0 Å². The zero-order chi connectivity index (χ0) is 22.0. The van der Waals surface area contributed by atoms with Gasteiger partial charge in [-0.3, -0.25) is 4.79 Å². The monoisotopic (exact) mass is 413 g/mol. The van der Waals surface area contributed by atoms with Crippen molar-refractivity contribution in [2.45, 2.75) is 33.9 Å². The Hall–Kier alpha value is -3.60. The minimum absolute atomic E-state index is 0.182. The zero-order valence-electron chi connectivity index (χ0n) is 18.4. The van der Waals surface area contributed by atoms with Crippen LogP contribution in [-0.2, 0) is 13.1 Å². The number of aromatic nitrogens is 2. The molecule has 0 radical (unpaired) electrons. The van der Waals surface area contributed by atoms with Crippen LogP contribution in [-0.4, -0.2) is 22.6 Å². The third-order valence-electron chi connectivity index (χ3n) is 5.65. The average Bonchev–Trinajstić information content (AvgIpc) is 3.11. The van der Waals surface area contributed by atoms with Gasteiger partial charge in [0.05, 0.1) is 30.3 Å². The minimum atomic E-state index is -0.182. The normalized spacial score (nSPS) is 11.0. The van der Waals surface area contributed by atoms with Crippen LogP contribution in [0.25, 0.3) is 11.0 Å². The Labute approximate surface area is 182 Å². The highest BCUT2D eigenvalue weighted by Gasteiger charge is 2.16. The molecule has 4 rings (SSSR count). The Morgan fingerprint density at radius 2 is 1.68 bits per heavy atom. The molecule has 1 amide bonds. The second kappa shape index (κ2) is 8.64. The van der Waals surface area contributed by atoms with Crippen molar-refractivity contribution in [3.05, 3.63) is 94.3 Å². The maximum atomic E-state index is 12.8. The van der Waals surface area contributed by atoms with Gasteiger partial charge in [-0.05, 0) is 61.7 Å². The van der Waals surface area contributed by atoms with Crippen molar-refractivity contribution in [1.29, 1.82) is 0 Å². The van der Waals surface area contributed by atoms with E-state index in [1.165, 1.54) is 22.3 Å². The van der Waals surface area contributed by atoms with Crippen molar-refractivity contribution in [2.24, 2.45) is 0 Å². The number of rotatable bonds is 6. The van der Waals surface area contributed by atoms with Crippen LogP contribution < -0.4 is 10.1 Å². The molecule has 1 N–H and O–H groups in total. The first-order valence-electron chi connectivity index (χ1n) is 10.4. The number of para-hydroxylation sites is 3. The smallest absolute Gasteiger partial charge is 0.255 e. The van der Waals surface area contributed by atoms with Crippen LogP contribution in [0.1, 0.15) is 38.4 Å². The molecule has 5 nitrogen and oxygen atoms in total. The third-order valence-corrected chi connectivity index (χ3v) is 5.65. The molecule has 5 heteroatoms. The van der Waals surface area contributed by atoms with Gasteiger partial charge in [-0.15, -0.1) is 0 Å². The zero-order valence-corrected chi connectivity index (χ0v) is 18.4. The van der Waals surface area contributed by atoms with Gasteiger partial charge in [-0.25, -0.2) is 4.98 Å². The third kappa shape index (κ3) is 4.17. The Balaban J connectivity index is 1.67. The van der Waals surface area contributed by atoms with Gasteiger partial charge in [0.1, 0.15) is 11.6 Å². The first-order valence-corrected chi connectivity index (χ1v) is 10.4. The van der Waals surface area contributed by atoms with E-state index in [2.05, 4.69) is 48.9 Å². The summed E-state index contributed by atoms with van der Waals surface area (Å²) in [4.78, 5) is 17.6. The van der Waals surface area contributed by atoms with Crippen molar-refractivity contribution in [2.75, 3.05) is 7.11 Å². The molecule has 4 aromatic rings. The number of ether oxygens (including phenoxy) is 1. The fourth-order valence-electron chi connectivity index (χ4n) is 4.14. The molecule has 0 bridgehead atoms. The van der Waals surface area contributed by atoms with Gasteiger partial charge in [-0.1, -0.05) is 42.0 Å². The van der Waals surface area contributed by atoms with Crippen molar-refractivity contribution in [3.8, 4) is 5.75 Å². The maximum absolute atomic E-state index is 12.8. The second-order valence-electron chi connectivity index (χ2n) is 7.86. The molecule has 0 aliphatic rings. The van der Waals surface area contributed by atoms with E-state index in [9.17, 15) is 4.79 Å². The molecule has 0 fully saturated rings. The summed E-state index contributed by atoms with van der Waals surface area (Å²) >= 11 is 0. The maximum Gasteiger partial charge on any atom is 0.255 e. The van der Waals surface area contributed by atoms with E-state index in [0.29, 0.717) is 24.4 Å². The van der Waals surface area contributed by atoms with E-state index in [-0.39, 0.29) is 5.91 Å². The molecule has 1 aromatic heterocycles. The second-order valence-corrected chi connectivity index (χ2v) is 7.86. The summed E-state index contributed by atoms with van der Waals surface area (Å²) in [5.41, 5.74) is 7.57. The van der Waals surface area contributed by atoms with E-state index < -0.39 is 0 Å². The number of imidazole rings is 1. The Morgan fingerprint density at radius 1 is 1.00 bits per heavy atom. The van der Waals surface area contributed by atoms with E-state index in [4.69, 9.17) is 9.72 Å². The number of carbonyl (C=O) groups excluding carboxylic acids is 1. The first kappa shape index (κ1) is 20.7. The lowest BCUT2D eigenvalue weighted by Gasteiger charge is -2.15. The number of amides is 1. The first-order chi connectivity index (χ1) is 15.0. The van der Waals surface area contributed by atoms with Crippen molar-refractivity contribution >= 4 is 16.9 Å². The fourth-order valence-corrected chi connectivity index (χ4v) is 4.14. The molecular formula is C26H27N3O2. The standard InChI is InChI=1S/C26H27N3O2/c1-17-13-18(2)21(19(3)14-17)16-29-23-11-7-6-10-22(23)28-25(29)15-27-26(30)20-9-5-8-12-24(20)31-4/h5-14H,15-16H2,1-4H3,(H,27,30). The average molecular weight is 414 g/mol. The van der Waals surface area contributed by atoms with Gasteiger partial charge in [0.2, 0.25) is 0 Å². The molecular weight excluding hydrogens is 386 g/mol. The molecule has 0 unspecified atom stereocenters. The van der Waals surface area contributed by atoms with Crippen LogP contribution in [0, 0.1) is 20.8 Å². The minimum Gasteiger partial charge on any atom is -0.496 e. The van der Waals surface area contributed by atoms with Gasteiger partial charge in [0, 0.05) is 6.54 Å². The number of benzene rings is 3. The molecule has 0 aliphatic heterocycles. The molecule has 0 spiro atoms. The molecule has 1 heterocycles. The number of nitrogens with one attached hydrogen (secondary N) is 1. The van der Waals surface area contributed by atoms with Crippen LogP contribution in [0.4, 0.5) is 0 Å². The summed E-state index contributed by atoms with van der Waals surface area (Å²) in [5, 5.41) is 3.01. The lowest BCUT2D eigenvalue weighted by Crippen LogP contribution is -2.25. The molecule has 31 heavy (non-hydrogen) atoms. The summed E-state index contributed by atoms with van der Waals surface area (Å²) in [6, 6.07) is 19.7. The van der Waals surface area contributed by atoms with Gasteiger partial charge in [0.25, 0.3) is 5.91 Å². The highest BCUT2D eigenvalue weighted by Crippen LogP contribution is 2.23. The van der Waals surface area contributed by atoms with E-state index in [1.54, 1.807) is 19.2 Å². The van der Waals surface area contributed by atoms with Crippen LogP contribution >= 0.6 is 0 Å². The van der Waals surface area contributed by atoms with Gasteiger partial charge in [-0.2, -0.15) is 0 Å². The Morgan fingerprint density at radius 3 is 2.42 bits per heavy atom. The lowest BCUT2D eigenvalue weighted by atomic mass is 9.99. The number of carbonyl (C=O) groups is 1. The molecule has 0 atom stereocenters. The number of hydrogen-bond acceptors (Lipinski definition) is 3. The predicted molar refractivity (Wildman–Crippen MR) is 124 cm³/mol. The number of hydrogen-bond donors (Lipinski definition) is 1.